The number of rotatable bonds is 3. The van der Waals surface area contributed by atoms with E-state index in [2.05, 4.69) is 25.0 Å². The number of aromatic nitrogens is 3. The Labute approximate surface area is 133 Å². The number of piperidine rings is 2. The van der Waals surface area contributed by atoms with Crippen molar-refractivity contribution in [3.8, 4) is 0 Å². The van der Waals surface area contributed by atoms with E-state index in [1.807, 2.05) is 0 Å². The van der Waals surface area contributed by atoms with Crippen molar-refractivity contribution in [2.75, 3.05) is 26.2 Å². The van der Waals surface area contributed by atoms with Crippen LogP contribution >= 0.6 is 0 Å². The summed E-state index contributed by atoms with van der Waals surface area (Å²) >= 11 is 0. The Bertz CT molecular complexity index is 491. The van der Waals surface area contributed by atoms with Gasteiger partial charge in [0.25, 0.3) is 0 Å². The third kappa shape index (κ3) is 2.93. The largest absolute Gasteiger partial charge is 0.317 e. The average molecular weight is 303 g/mol. The molecule has 3 aliphatic rings. The molecule has 0 aromatic carbocycles. The van der Waals surface area contributed by atoms with Crippen LogP contribution in [0.4, 0.5) is 0 Å². The SMILES string of the molecule is C1CCn2c(nnc2C2CCCCN2CC2CCNCC2)C1. The summed E-state index contributed by atoms with van der Waals surface area (Å²) in [4.78, 5) is 2.73. The quantitative estimate of drug-likeness (QED) is 0.929. The van der Waals surface area contributed by atoms with Gasteiger partial charge in [-0.1, -0.05) is 6.42 Å². The summed E-state index contributed by atoms with van der Waals surface area (Å²) in [6, 6.07) is 0.517. The Morgan fingerprint density at radius 3 is 2.73 bits per heavy atom. The molecule has 0 spiro atoms. The summed E-state index contributed by atoms with van der Waals surface area (Å²) in [5.41, 5.74) is 0. The van der Waals surface area contributed by atoms with Gasteiger partial charge in [-0.05, 0) is 64.1 Å². The van der Waals surface area contributed by atoms with Crippen LogP contribution in [-0.2, 0) is 13.0 Å². The maximum atomic E-state index is 4.62. The summed E-state index contributed by atoms with van der Waals surface area (Å²) in [7, 11) is 0. The molecule has 5 heteroatoms. The maximum absolute atomic E-state index is 4.62. The molecule has 0 radical (unpaired) electrons. The predicted octanol–water partition coefficient (Wildman–Crippen LogP) is 2.14. The minimum atomic E-state index is 0.517. The van der Waals surface area contributed by atoms with Crippen LogP contribution in [0.1, 0.15) is 62.6 Å². The van der Waals surface area contributed by atoms with E-state index in [1.165, 1.54) is 82.8 Å². The highest BCUT2D eigenvalue weighted by molar-refractivity contribution is 5.05. The minimum Gasteiger partial charge on any atom is -0.317 e. The van der Waals surface area contributed by atoms with Crippen LogP contribution in [-0.4, -0.2) is 45.8 Å². The van der Waals surface area contributed by atoms with Gasteiger partial charge in [-0.3, -0.25) is 4.90 Å². The summed E-state index contributed by atoms with van der Waals surface area (Å²) in [6.07, 6.45) is 10.3. The molecule has 2 saturated heterocycles. The zero-order valence-electron chi connectivity index (χ0n) is 13.6. The average Bonchev–Trinajstić information content (AvgIpc) is 3.00. The van der Waals surface area contributed by atoms with Gasteiger partial charge in [0.2, 0.25) is 0 Å². The molecular formula is C17H29N5. The van der Waals surface area contributed by atoms with E-state index in [-0.39, 0.29) is 0 Å². The minimum absolute atomic E-state index is 0.517. The molecule has 3 aliphatic heterocycles. The van der Waals surface area contributed by atoms with Crippen molar-refractivity contribution in [3.63, 3.8) is 0 Å². The third-order valence-electron chi connectivity index (χ3n) is 5.75. The second-order valence-corrected chi connectivity index (χ2v) is 7.28. The summed E-state index contributed by atoms with van der Waals surface area (Å²) in [5, 5.41) is 12.6. The van der Waals surface area contributed by atoms with Gasteiger partial charge in [-0.2, -0.15) is 0 Å². The molecule has 0 bridgehead atoms. The molecule has 1 N–H and O–H groups in total. The van der Waals surface area contributed by atoms with Gasteiger partial charge >= 0.3 is 0 Å². The first kappa shape index (κ1) is 14.6. The Balaban J connectivity index is 1.51. The second-order valence-electron chi connectivity index (χ2n) is 7.28. The van der Waals surface area contributed by atoms with Crippen LogP contribution in [0, 0.1) is 5.92 Å². The molecular weight excluding hydrogens is 274 g/mol. The van der Waals surface area contributed by atoms with Crippen molar-refractivity contribution >= 4 is 0 Å². The Hall–Kier alpha value is -0.940. The van der Waals surface area contributed by atoms with Crippen LogP contribution < -0.4 is 5.32 Å². The predicted molar refractivity (Wildman–Crippen MR) is 86.7 cm³/mol. The smallest absolute Gasteiger partial charge is 0.150 e. The molecule has 5 nitrogen and oxygen atoms in total. The summed E-state index contributed by atoms with van der Waals surface area (Å²) < 4.78 is 2.44. The van der Waals surface area contributed by atoms with Crippen LogP contribution in [0.5, 0.6) is 0 Å². The van der Waals surface area contributed by atoms with Crippen LogP contribution in [0.15, 0.2) is 0 Å². The Morgan fingerprint density at radius 1 is 0.955 bits per heavy atom. The van der Waals surface area contributed by atoms with Crippen LogP contribution in [0.2, 0.25) is 0 Å². The van der Waals surface area contributed by atoms with Gasteiger partial charge in [-0.25, -0.2) is 0 Å². The number of nitrogens with zero attached hydrogens (tertiary/aromatic N) is 4. The van der Waals surface area contributed by atoms with Crippen molar-refractivity contribution in [1.29, 1.82) is 0 Å². The monoisotopic (exact) mass is 303 g/mol. The van der Waals surface area contributed by atoms with Gasteiger partial charge in [0, 0.05) is 19.5 Å². The lowest BCUT2D eigenvalue weighted by Crippen LogP contribution is -2.41. The van der Waals surface area contributed by atoms with E-state index < -0.39 is 0 Å². The van der Waals surface area contributed by atoms with E-state index in [9.17, 15) is 0 Å². The zero-order valence-corrected chi connectivity index (χ0v) is 13.6. The standard InChI is InChI=1S/C17H29N5/c1-3-11-21(13-14-7-9-18-10-8-14)15(5-1)17-20-19-16-6-2-4-12-22(16)17/h14-15,18H,1-13H2. The maximum Gasteiger partial charge on any atom is 0.150 e. The second kappa shape index (κ2) is 6.67. The molecule has 1 atom stereocenters. The fraction of sp³-hybridized carbons (Fsp3) is 0.882. The molecule has 1 aromatic rings. The fourth-order valence-corrected chi connectivity index (χ4v) is 4.48. The molecule has 0 aliphatic carbocycles. The van der Waals surface area contributed by atoms with E-state index in [0.717, 1.165) is 18.9 Å². The molecule has 1 unspecified atom stereocenters. The Morgan fingerprint density at radius 2 is 1.82 bits per heavy atom. The third-order valence-corrected chi connectivity index (χ3v) is 5.75. The molecule has 1 aromatic heterocycles. The zero-order chi connectivity index (χ0) is 14.8. The van der Waals surface area contributed by atoms with E-state index >= 15 is 0 Å². The van der Waals surface area contributed by atoms with Crippen LogP contribution in [0.3, 0.4) is 0 Å². The van der Waals surface area contributed by atoms with Gasteiger partial charge < -0.3 is 9.88 Å². The first-order valence-corrected chi connectivity index (χ1v) is 9.28. The van der Waals surface area contributed by atoms with Gasteiger partial charge in [0.05, 0.1) is 6.04 Å². The lowest BCUT2D eigenvalue weighted by molar-refractivity contribution is 0.107. The van der Waals surface area contributed by atoms with E-state index in [4.69, 9.17) is 0 Å². The highest BCUT2D eigenvalue weighted by Crippen LogP contribution is 2.33. The molecule has 4 heterocycles. The van der Waals surface area contributed by atoms with Crippen molar-refractivity contribution in [2.45, 2.75) is 64.0 Å². The number of nitrogens with one attached hydrogen (secondary N) is 1. The summed E-state index contributed by atoms with van der Waals surface area (Å²) in [5.74, 6) is 3.36. The normalized spacial score (nSPS) is 27.7. The highest BCUT2D eigenvalue weighted by atomic mass is 15.3. The van der Waals surface area contributed by atoms with Crippen molar-refractivity contribution < 1.29 is 0 Å². The molecule has 0 saturated carbocycles. The van der Waals surface area contributed by atoms with Crippen LogP contribution in [0.25, 0.3) is 0 Å². The van der Waals surface area contributed by atoms with Gasteiger partial charge in [-0.15, -0.1) is 10.2 Å². The number of hydrogen-bond donors (Lipinski definition) is 1. The van der Waals surface area contributed by atoms with E-state index in [1.54, 1.807) is 0 Å². The lowest BCUT2D eigenvalue weighted by atomic mass is 9.94. The summed E-state index contributed by atoms with van der Waals surface area (Å²) in [6.45, 7) is 6.04. The molecule has 22 heavy (non-hydrogen) atoms. The molecule has 0 amide bonds. The van der Waals surface area contributed by atoms with E-state index in [0.29, 0.717) is 6.04 Å². The fourth-order valence-electron chi connectivity index (χ4n) is 4.48. The van der Waals surface area contributed by atoms with Crippen molar-refractivity contribution in [1.82, 2.24) is 25.0 Å². The number of likely N-dealkylation sites (tertiary alicyclic amines) is 1. The number of fused-ring (bicyclic) bond motifs is 1. The number of aryl methyl sites for hydroxylation is 1. The molecule has 122 valence electrons. The van der Waals surface area contributed by atoms with Gasteiger partial charge in [0.1, 0.15) is 11.6 Å². The molecule has 4 rings (SSSR count). The lowest BCUT2D eigenvalue weighted by Gasteiger charge is -2.38. The van der Waals surface area contributed by atoms with Crippen molar-refractivity contribution in [2.24, 2.45) is 5.92 Å². The topological polar surface area (TPSA) is 46.0 Å². The van der Waals surface area contributed by atoms with Gasteiger partial charge in [0.15, 0.2) is 0 Å². The van der Waals surface area contributed by atoms with Crippen molar-refractivity contribution in [3.05, 3.63) is 11.6 Å². The Kier molecular flexibility index (Phi) is 4.44. The molecule has 2 fully saturated rings. The first-order valence-electron chi connectivity index (χ1n) is 9.28. The number of hydrogen-bond acceptors (Lipinski definition) is 4. The highest BCUT2D eigenvalue weighted by Gasteiger charge is 2.31. The first-order chi connectivity index (χ1) is 10.9.